The van der Waals surface area contributed by atoms with Crippen molar-refractivity contribution < 1.29 is 18.0 Å². The van der Waals surface area contributed by atoms with Gasteiger partial charge in [0.25, 0.3) is 5.91 Å². The number of piperazine rings is 1. The summed E-state index contributed by atoms with van der Waals surface area (Å²) < 4.78 is 41.0. The van der Waals surface area contributed by atoms with Crippen LogP contribution < -0.4 is 4.90 Å². The van der Waals surface area contributed by atoms with Crippen molar-refractivity contribution in [2.75, 3.05) is 31.1 Å². The van der Waals surface area contributed by atoms with Crippen molar-refractivity contribution in [2.45, 2.75) is 52.1 Å². The van der Waals surface area contributed by atoms with E-state index in [2.05, 4.69) is 25.8 Å². The van der Waals surface area contributed by atoms with Crippen LogP contribution in [-0.4, -0.2) is 51.6 Å². The fourth-order valence-electron chi connectivity index (χ4n) is 4.26. The highest BCUT2D eigenvalue weighted by molar-refractivity contribution is 5.95. The molecule has 3 heterocycles. The van der Waals surface area contributed by atoms with Crippen LogP contribution in [0.2, 0.25) is 0 Å². The molecule has 0 N–H and O–H groups in total. The molecule has 1 aromatic carbocycles. The number of halogens is 3. The summed E-state index contributed by atoms with van der Waals surface area (Å²) in [7, 11) is 0. The van der Waals surface area contributed by atoms with E-state index >= 15 is 0 Å². The second kappa shape index (κ2) is 8.60. The number of fused-ring (bicyclic) bond motifs is 1. The van der Waals surface area contributed by atoms with Gasteiger partial charge in [-0.1, -0.05) is 40.7 Å². The lowest BCUT2D eigenvalue weighted by atomic mass is 9.93. The van der Waals surface area contributed by atoms with Gasteiger partial charge in [-0.2, -0.15) is 18.3 Å². The number of hydrogen-bond donors (Lipinski definition) is 0. The molecular weight excluding hydrogens is 443 g/mol. The molecule has 2 aromatic heterocycles. The largest absolute Gasteiger partial charge is 0.416 e. The predicted molar refractivity (Wildman–Crippen MR) is 125 cm³/mol. The van der Waals surface area contributed by atoms with Gasteiger partial charge in [-0.25, -0.2) is 9.50 Å². The normalized spacial score (nSPS) is 15.4. The van der Waals surface area contributed by atoms with E-state index in [4.69, 9.17) is 5.10 Å². The molecule has 0 aliphatic carbocycles. The molecule has 4 rings (SSSR count). The molecule has 0 unspecified atom stereocenters. The van der Waals surface area contributed by atoms with Gasteiger partial charge in [0.05, 0.1) is 22.5 Å². The number of hydrogen-bond acceptors (Lipinski definition) is 4. The summed E-state index contributed by atoms with van der Waals surface area (Å²) in [5.41, 5.74) is 2.63. The van der Waals surface area contributed by atoms with Gasteiger partial charge >= 0.3 is 6.18 Å². The summed E-state index contributed by atoms with van der Waals surface area (Å²) in [5, 5.41) is 4.76. The molecule has 0 atom stereocenters. The number of nitrogens with zero attached hydrogens (tertiary/aromatic N) is 5. The standard InChI is InChI=1S/C25H30F3N5O/c1-16(2)22-19(15-29-21-14-20(24(3,4)5)30-33(21)22)23(34)32-11-9-31(10-12-32)18-8-6-7-17(13-18)25(26,27)28/h6-8,13-16H,9-12H2,1-5H3. The Balaban J connectivity index is 1.56. The minimum atomic E-state index is -4.38. The van der Waals surface area contributed by atoms with Gasteiger partial charge in [0.1, 0.15) is 0 Å². The van der Waals surface area contributed by atoms with E-state index in [-0.39, 0.29) is 17.2 Å². The highest BCUT2D eigenvalue weighted by Crippen LogP contribution is 2.32. The second-order valence-electron chi connectivity index (χ2n) is 10.1. The first-order valence-corrected chi connectivity index (χ1v) is 11.5. The summed E-state index contributed by atoms with van der Waals surface area (Å²) in [6, 6.07) is 7.28. The van der Waals surface area contributed by atoms with Gasteiger partial charge in [0, 0.05) is 49.5 Å². The SMILES string of the molecule is CC(C)c1c(C(=O)N2CCN(c3cccc(C(F)(F)F)c3)CC2)cnc2cc(C(C)(C)C)nn12. The molecule has 6 nitrogen and oxygen atoms in total. The fraction of sp³-hybridized carbons (Fsp3) is 0.480. The van der Waals surface area contributed by atoms with Crippen molar-refractivity contribution >= 4 is 17.2 Å². The maximum absolute atomic E-state index is 13.5. The van der Waals surface area contributed by atoms with E-state index < -0.39 is 11.7 Å². The number of anilines is 1. The highest BCUT2D eigenvalue weighted by atomic mass is 19.4. The molecule has 0 saturated carbocycles. The Morgan fingerprint density at radius 3 is 2.29 bits per heavy atom. The number of benzene rings is 1. The third kappa shape index (κ3) is 4.60. The van der Waals surface area contributed by atoms with Crippen molar-refractivity contribution in [3.63, 3.8) is 0 Å². The van der Waals surface area contributed by atoms with Crippen LogP contribution in [0.3, 0.4) is 0 Å². The first-order valence-electron chi connectivity index (χ1n) is 11.5. The van der Waals surface area contributed by atoms with Crippen LogP contribution in [-0.2, 0) is 11.6 Å². The Morgan fingerprint density at radius 2 is 1.71 bits per heavy atom. The third-order valence-electron chi connectivity index (χ3n) is 6.17. The Labute approximate surface area is 197 Å². The minimum absolute atomic E-state index is 0.0450. The van der Waals surface area contributed by atoms with Crippen LogP contribution in [0.15, 0.2) is 36.5 Å². The van der Waals surface area contributed by atoms with E-state index in [0.717, 1.165) is 23.5 Å². The monoisotopic (exact) mass is 473 g/mol. The maximum atomic E-state index is 13.5. The molecule has 0 radical (unpaired) electrons. The van der Waals surface area contributed by atoms with Gasteiger partial charge in [0.2, 0.25) is 0 Å². The molecule has 3 aromatic rings. The van der Waals surface area contributed by atoms with Crippen LogP contribution in [0.4, 0.5) is 18.9 Å². The molecule has 9 heteroatoms. The molecular formula is C25H30F3N5O. The maximum Gasteiger partial charge on any atom is 0.416 e. The lowest BCUT2D eigenvalue weighted by Crippen LogP contribution is -2.49. The average Bonchev–Trinajstić information content (AvgIpc) is 3.22. The zero-order valence-electron chi connectivity index (χ0n) is 20.1. The van der Waals surface area contributed by atoms with Crippen molar-refractivity contribution in [2.24, 2.45) is 0 Å². The number of rotatable bonds is 3. The van der Waals surface area contributed by atoms with Crippen LogP contribution in [0.1, 0.15) is 67.8 Å². The lowest BCUT2D eigenvalue weighted by molar-refractivity contribution is -0.137. The molecule has 1 amide bonds. The van der Waals surface area contributed by atoms with E-state index in [0.29, 0.717) is 43.1 Å². The lowest BCUT2D eigenvalue weighted by Gasteiger charge is -2.36. The summed E-state index contributed by atoms with van der Waals surface area (Å²) in [6.07, 6.45) is -2.76. The molecule has 0 spiro atoms. The second-order valence-corrected chi connectivity index (χ2v) is 10.1. The molecule has 34 heavy (non-hydrogen) atoms. The molecule has 1 fully saturated rings. The van der Waals surface area contributed by atoms with Gasteiger partial charge < -0.3 is 9.80 Å². The molecule has 1 aliphatic heterocycles. The Hall–Kier alpha value is -3.10. The van der Waals surface area contributed by atoms with E-state index in [1.54, 1.807) is 21.7 Å². The summed E-state index contributed by atoms with van der Waals surface area (Å²) in [5.74, 6) is -0.0850. The fourth-order valence-corrected chi connectivity index (χ4v) is 4.26. The number of alkyl halides is 3. The summed E-state index contributed by atoms with van der Waals surface area (Å²) in [6.45, 7) is 12.0. The smallest absolute Gasteiger partial charge is 0.368 e. The molecule has 0 bridgehead atoms. The van der Waals surface area contributed by atoms with Crippen molar-refractivity contribution in [1.82, 2.24) is 19.5 Å². The predicted octanol–water partition coefficient (Wildman–Crippen LogP) is 5.13. The van der Waals surface area contributed by atoms with E-state index in [9.17, 15) is 18.0 Å². The molecule has 182 valence electrons. The Morgan fingerprint density at radius 1 is 1.03 bits per heavy atom. The molecule has 1 aliphatic rings. The van der Waals surface area contributed by atoms with Gasteiger partial charge in [-0.3, -0.25) is 4.79 Å². The number of carbonyl (C=O) groups is 1. The van der Waals surface area contributed by atoms with Gasteiger partial charge in [-0.05, 0) is 24.1 Å². The van der Waals surface area contributed by atoms with Crippen LogP contribution >= 0.6 is 0 Å². The number of aromatic nitrogens is 3. The van der Waals surface area contributed by atoms with Crippen LogP contribution in [0, 0.1) is 0 Å². The van der Waals surface area contributed by atoms with Crippen LogP contribution in [0.5, 0.6) is 0 Å². The minimum Gasteiger partial charge on any atom is -0.368 e. The summed E-state index contributed by atoms with van der Waals surface area (Å²) >= 11 is 0. The summed E-state index contributed by atoms with van der Waals surface area (Å²) in [4.78, 5) is 21.6. The van der Waals surface area contributed by atoms with Crippen molar-refractivity contribution in [3.05, 3.63) is 59.0 Å². The number of amides is 1. The topological polar surface area (TPSA) is 53.7 Å². The Kier molecular flexibility index (Phi) is 6.08. The quantitative estimate of drug-likeness (QED) is 0.529. The zero-order chi connectivity index (χ0) is 24.8. The van der Waals surface area contributed by atoms with Crippen molar-refractivity contribution in [3.8, 4) is 0 Å². The van der Waals surface area contributed by atoms with Crippen LogP contribution in [0.25, 0.3) is 5.65 Å². The van der Waals surface area contributed by atoms with E-state index in [1.807, 2.05) is 24.8 Å². The first kappa shape index (κ1) is 24.0. The number of carbonyl (C=O) groups excluding carboxylic acids is 1. The third-order valence-corrected chi connectivity index (χ3v) is 6.17. The molecule has 1 saturated heterocycles. The zero-order valence-corrected chi connectivity index (χ0v) is 20.1. The van der Waals surface area contributed by atoms with Gasteiger partial charge in [0.15, 0.2) is 5.65 Å². The van der Waals surface area contributed by atoms with Gasteiger partial charge in [-0.15, -0.1) is 0 Å². The first-order chi connectivity index (χ1) is 15.9. The highest BCUT2D eigenvalue weighted by Gasteiger charge is 2.32. The average molecular weight is 474 g/mol. The van der Waals surface area contributed by atoms with E-state index in [1.165, 1.54) is 6.07 Å². The Bertz CT molecular complexity index is 1200. The van der Waals surface area contributed by atoms with Crippen molar-refractivity contribution in [1.29, 1.82) is 0 Å².